The number of ether oxygens (including phenoxy) is 1. The van der Waals surface area contributed by atoms with E-state index in [1.54, 1.807) is 0 Å². The largest absolute Gasteiger partial charge is 0.462 e. The second-order valence-corrected chi connectivity index (χ2v) is 6.55. The van der Waals surface area contributed by atoms with Crippen LogP contribution in [0.4, 0.5) is 0 Å². The molecule has 5 heteroatoms. The van der Waals surface area contributed by atoms with E-state index < -0.39 is 5.97 Å². The predicted molar refractivity (Wildman–Crippen MR) is 69.6 cm³/mol. The van der Waals surface area contributed by atoms with Crippen molar-refractivity contribution >= 4 is 5.97 Å². The van der Waals surface area contributed by atoms with Crippen LogP contribution < -0.4 is 0 Å². The number of esters is 1. The van der Waals surface area contributed by atoms with Crippen LogP contribution in [0.2, 0.25) is 0 Å². The number of nitrogens with zero attached hydrogens (tertiary/aromatic N) is 2. The fraction of sp³-hybridized carbons (Fsp3) is 0.786. The molecule has 1 saturated carbocycles. The highest BCUT2D eigenvalue weighted by Crippen LogP contribution is 2.56. The maximum absolute atomic E-state index is 11.3. The fourth-order valence-electron chi connectivity index (χ4n) is 2.86. The molecule has 1 fully saturated rings. The van der Waals surface area contributed by atoms with Crippen molar-refractivity contribution in [3.63, 3.8) is 0 Å². The van der Waals surface area contributed by atoms with E-state index in [-0.39, 0.29) is 11.3 Å². The van der Waals surface area contributed by atoms with E-state index in [9.17, 15) is 4.79 Å². The van der Waals surface area contributed by atoms with Crippen molar-refractivity contribution in [1.82, 2.24) is 10.1 Å². The lowest BCUT2D eigenvalue weighted by Gasteiger charge is -2.39. The van der Waals surface area contributed by atoms with Gasteiger partial charge < -0.3 is 9.26 Å². The Morgan fingerprint density at radius 1 is 1.42 bits per heavy atom. The molecule has 0 saturated heterocycles. The molecule has 5 nitrogen and oxygen atoms in total. The highest BCUT2D eigenvalue weighted by Gasteiger charge is 2.48. The number of carbonyl (C=O) groups is 1. The van der Waals surface area contributed by atoms with Crippen molar-refractivity contribution in [1.29, 1.82) is 0 Å². The summed E-state index contributed by atoms with van der Waals surface area (Å²) in [7, 11) is 1.30. The van der Waals surface area contributed by atoms with Crippen LogP contribution in [0.15, 0.2) is 4.52 Å². The van der Waals surface area contributed by atoms with Gasteiger partial charge in [0.05, 0.1) is 7.11 Å². The molecule has 0 bridgehead atoms. The summed E-state index contributed by atoms with van der Waals surface area (Å²) < 4.78 is 9.47. The third-order valence-electron chi connectivity index (χ3n) is 5.14. The SMILES string of the molecule is COC(=O)c1nc(C[C@@H]2CCC(C)(C)C2(C)C)no1. The minimum absolute atomic E-state index is 0.0624. The van der Waals surface area contributed by atoms with E-state index in [2.05, 4.69) is 42.6 Å². The Morgan fingerprint density at radius 3 is 2.63 bits per heavy atom. The Hall–Kier alpha value is -1.39. The van der Waals surface area contributed by atoms with Gasteiger partial charge in [0.1, 0.15) is 0 Å². The zero-order chi connectivity index (χ0) is 14.3. The smallest absolute Gasteiger partial charge is 0.397 e. The summed E-state index contributed by atoms with van der Waals surface area (Å²) in [5.74, 6) is 0.457. The van der Waals surface area contributed by atoms with E-state index in [1.807, 2.05) is 0 Å². The van der Waals surface area contributed by atoms with Crippen molar-refractivity contribution in [3.05, 3.63) is 11.7 Å². The third-order valence-corrected chi connectivity index (χ3v) is 5.14. The second kappa shape index (κ2) is 4.62. The van der Waals surface area contributed by atoms with Crippen molar-refractivity contribution in [2.45, 2.75) is 47.0 Å². The second-order valence-electron chi connectivity index (χ2n) is 6.55. The zero-order valence-electron chi connectivity index (χ0n) is 12.3. The van der Waals surface area contributed by atoms with E-state index in [1.165, 1.54) is 13.5 Å². The average molecular weight is 266 g/mol. The summed E-state index contributed by atoms with van der Waals surface area (Å²) in [5.41, 5.74) is 0.533. The van der Waals surface area contributed by atoms with Gasteiger partial charge in [0.15, 0.2) is 5.82 Å². The highest BCUT2D eigenvalue weighted by molar-refractivity contribution is 5.83. The molecule has 1 atom stereocenters. The molecule has 1 aromatic rings. The van der Waals surface area contributed by atoms with Crippen LogP contribution in [0, 0.1) is 16.7 Å². The third kappa shape index (κ3) is 2.38. The molecule has 1 aliphatic carbocycles. The molecular formula is C14H22N2O3. The molecule has 0 unspecified atom stereocenters. The van der Waals surface area contributed by atoms with Gasteiger partial charge in [0.2, 0.25) is 0 Å². The zero-order valence-corrected chi connectivity index (χ0v) is 12.3. The molecule has 2 rings (SSSR count). The molecule has 1 aliphatic rings. The number of aromatic nitrogens is 2. The molecule has 1 heterocycles. The first kappa shape index (κ1) is 14.0. The van der Waals surface area contributed by atoms with Gasteiger partial charge >= 0.3 is 11.9 Å². The summed E-state index contributed by atoms with van der Waals surface area (Å²) in [6.07, 6.45) is 3.10. The first-order valence-corrected chi connectivity index (χ1v) is 6.69. The Morgan fingerprint density at radius 2 is 2.11 bits per heavy atom. The van der Waals surface area contributed by atoms with Crippen molar-refractivity contribution in [2.24, 2.45) is 16.7 Å². The number of rotatable bonds is 3. The van der Waals surface area contributed by atoms with E-state index >= 15 is 0 Å². The van der Waals surface area contributed by atoms with Crippen molar-refractivity contribution in [3.8, 4) is 0 Å². The first-order valence-electron chi connectivity index (χ1n) is 6.69. The minimum atomic E-state index is -0.579. The van der Waals surface area contributed by atoms with Gasteiger partial charge in [-0.05, 0) is 29.6 Å². The van der Waals surface area contributed by atoms with Crippen LogP contribution >= 0.6 is 0 Å². The fourth-order valence-corrected chi connectivity index (χ4v) is 2.86. The lowest BCUT2D eigenvalue weighted by atomic mass is 9.66. The molecule has 0 N–H and O–H groups in total. The summed E-state index contributed by atoms with van der Waals surface area (Å²) >= 11 is 0. The van der Waals surface area contributed by atoms with Gasteiger partial charge in [-0.15, -0.1) is 0 Å². The van der Waals surface area contributed by atoms with Gasteiger partial charge in [-0.1, -0.05) is 32.9 Å². The lowest BCUT2D eigenvalue weighted by molar-refractivity contribution is 0.0545. The van der Waals surface area contributed by atoms with E-state index in [0.29, 0.717) is 17.2 Å². The summed E-state index contributed by atoms with van der Waals surface area (Å²) in [6.45, 7) is 9.21. The number of carbonyl (C=O) groups excluding carboxylic acids is 1. The molecule has 0 amide bonds. The summed E-state index contributed by atoms with van der Waals surface area (Å²) in [6, 6.07) is 0. The van der Waals surface area contributed by atoms with Crippen LogP contribution in [-0.4, -0.2) is 23.2 Å². The predicted octanol–water partition coefficient (Wildman–Crippen LogP) is 2.86. The van der Waals surface area contributed by atoms with Crippen LogP contribution in [0.5, 0.6) is 0 Å². The lowest BCUT2D eigenvalue weighted by Crippen LogP contribution is -2.32. The number of methoxy groups -OCH3 is 1. The van der Waals surface area contributed by atoms with Crippen molar-refractivity contribution < 1.29 is 14.1 Å². The van der Waals surface area contributed by atoms with Gasteiger partial charge in [-0.3, -0.25) is 0 Å². The highest BCUT2D eigenvalue weighted by atomic mass is 16.6. The maximum atomic E-state index is 11.3. The minimum Gasteiger partial charge on any atom is -0.462 e. The molecule has 0 aliphatic heterocycles. The number of hydrogen-bond donors (Lipinski definition) is 0. The Kier molecular flexibility index (Phi) is 3.41. The molecule has 19 heavy (non-hydrogen) atoms. The summed E-state index contributed by atoms with van der Waals surface area (Å²) in [4.78, 5) is 15.4. The number of hydrogen-bond acceptors (Lipinski definition) is 5. The Labute approximate surface area is 113 Å². The Balaban J connectivity index is 2.10. The maximum Gasteiger partial charge on any atom is 0.397 e. The van der Waals surface area contributed by atoms with Crippen LogP contribution in [0.3, 0.4) is 0 Å². The van der Waals surface area contributed by atoms with Gasteiger partial charge in [-0.2, -0.15) is 4.98 Å². The van der Waals surface area contributed by atoms with Gasteiger partial charge in [-0.25, -0.2) is 4.79 Å². The average Bonchev–Trinajstić information content (AvgIpc) is 2.87. The molecule has 106 valence electrons. The van der Waals surface area contributed by atoms with Crippen LogP contribution in [0.1, 0.15) is 57.0 Å². The quantitative estimate of drug-likeness (QED) is 0.787. The molecule has 0 aromatic carbocycles. The Bertz CT molecular complexity index is 477. The summed E-state index contributed by atoms with van der Waals surface area (Å²) in [5, 5.41) is 3.88. The monoisotopic (exact) mass is 266 g/mol. The van der Waals surface area contributed by atoms with Gasteiger partial charge in [0, 0.05) is 6.42 Å². The standard InChI is InChI=1S/C14H22N2O3/c1-13(2)7-6-9(14(13,3)4)8-10-15-11(19-16-10)12(17)18-5/h9H,6-8H2,1-5H3/t9-/m0/s1. The van der Waals surface area contributed by atoms with Gasteiger partial charge in [0.25, 0.3) is 0 Å². The van der Waals surface area contributed by atoms with Crippen LogP contribution in [-0.2, 0) is 11.2 Å². The van der Waals surface area contributed by atoms with E-state index in [0.717, 1.165) is 12.8 Å². The van der Waals surface area contributed by atoms with E-state index in [4.69, 9.17) is 4.52 Å². The van der Waals surface area contributed by atoms with Crippen molar-refractivity contribution in [2.75, 3.05) is 7.11 Å². The molecule has 0 radical (unpaired) electrons. The molecular weight excluding hydrogens is 244 g/mol. The topological polar surface area (TPSA) is 65.2 Å². The van der Waals surface area contributed by atoms with Crippen LogP contribution in [0.25, 0.3) is 0 Å². The molecule has 1 aromatic heterocycles. The first-order chi connectivity index (χ1) is 8.78. The normalized spacial score (nSPS) is 24.4. The molecule has 0 spiro atoms.